The van der Waals surface area contributed by atoms with Crippen molar-refractivity contribution in [3.8, 4) is 0 Å². The van der Waals surface area contributed by atoms with E-state index in [0.29, 0.717) is 5.56 Å². The number of hydrogen-bond donors (Lipinski definition) is 1. The van der Waals surface area contributed by atoms with Crippen LogP contribution in [-0.4, -0.2) is 40.8 Å². The molecule has 1 aromatic heterocycles. The highest BCUT2D eigenvalue weighted by atomic mass is 32.1. The quantitative estimate of drug-likeness (QED) is 0.866. The second-order valence-electron chi connectivity index (χ2n) is 5.15. The summed E-state index contributed by atoms with van der Waals surface area (Å²) in [5.41, 5.74) is -2.12. The zero-order chi connectivity index (χ0) is 15.1. The highest BCUT2D eigenvalue weighted by Crippen LogP contribution is 2.38. The molecule has 0 bridgehead atoms. The molecular formula is C13H16F3NO2S. The van der Waals surface area contributed by atoms with Crippen LogP contribution in [0, 0.1) is 13.8 Å². The molecule has 0 atom stereocenters. The number of rotatable bonds is 1. The van der Waals surface area contributed by atoms with Crippen LogP contribution >= 0.6 is 11.3 Å². The number of nitrogens with zero attached hydrogens (tertiary/aromatic N) is 1. The standard InChI is InChI=1S/C13H16F3NO2S/c1-8-7-10(9(2)20-8)11(18)17-5-3-12(19,4-6-17)13(14,15)16/h7,19H,3-6H2,1-2H3. The number of likely N-dealkylation sites (tertiary alicyclic amines) is 1. The Labute approximate surface area is 119 Å². The molecule has 1 amide bonds. The Hall–Kier alpha value is -1.08. The molecule has 0 aromatic carbocycles. The summed E-state index contributed by atoms with van der Waals surface area (Å²) in [7, 11) is 0. The first-order chi connectivity index (χ1) is 9.14. The molecule has 0 saturated carbocycles. The first-order valence-electron chi connectivity index (χ1n) is 6.29. The van der Waals surface area contributed by atoms with Crippen LogP contribution in [0.4, 0.5) is 13.2 Å². The smallest absolute Gasteiger partial charge is 0.380 e. The number of piperidine rings is 1. The predicted octanol–water partition coefficient (Wildman–Crippen LogP) is 2.89. The van der Waals surface area contributed by atoms with E-state index in [1.54, 1.807) is 6.07 Å². The number of amides is 1. The van der Waals surface area contributed by atoms with Gasteiger partial charge in [0.1, 0.15) is 0 Å². The molecule has 1 N–H and O–H groups in total. The average molecular weight is 307 g/mol. The molecule has 0 unspecified atom stereocenters. The number of halogens is 3. The van der Waals surface area contributed by atoms with Crippen molar-refractivity contribution < 1.29 is 23.1 Å². The minimum atomic E-state index is -4.64. The normalized spacial score (nSPS) is 19.2. The zero-order valence-electron chi connectivity index (χ0n) is 11.3. The van der Waals surface area contributed by atoms with Gasteiger partial charge >= 0.3 is 6.18 Å². The van der Waals surface area contributed by atoms with E-state index in [2.05, 4.69) is 0 Å². The third kappa shape index (κ3) is 2.69. The monoisotopic (exact) mass is 307 g/mol. The fraction of sp³-hybridized carbons (Fsp3) is 0.615. The highest BCUT2D eigenvalue weighted by molar-refractivity contribution is 7.12. The molecule has 0 spiro atoms. The Balaban J connectivity index is 2.08. The van der Waals surface area contributed by atoms with Crippen LogP contribution < -0.4 is 0 Å². The van der Waals surface area contributed by atoms with E-state index in [0.717, 1.165) is 9.75 Å². The summed E-state index contributed by atoms with van der Waals surface area (Å²) in [5.74, 6) is -0.254. The topological polar surface area (TPSA) is 40.5 Å². The largest absolute Gasteiger partial charge is 0.417 e. The van der Waals surface area contributed by atoms with E-state index < -0.39 is 24.6 Å². The van der Waals surface area contributed by atoms with Crippen molar-refractivity contribution in [3.63, 3.8) is 0 Å². The van der Waals surface area contributed by atoms with Crippen LogP contribution in [0.1, 0.15) is 33.0 Å². The summed E-state index contributed by atoms with van der Waals surface area (Å²) in [5, 5.41) is 9.58. The van der Waals surface area contributed by atoms with Crippen molar-refractivity contribution in [2.75, 3.05) is 13.1 Å². The second-order valence-corrected chi connectivity index (χ2v) is 6.61. The molecule has 7 heteroatoms. The van der Waals surface area contributed by atoms with E-state index in [-0.39, 0.29) is 19.0 Å². The predicted molar refractivity (Wildman–Crippen MR) is 69.9 cm³/mol. The lowest BCUT2D eigenvalue weighted by atomic mass is 9.90. The maximum absolute atomic E-state index is 12.7. The van der Waals surface area contributed by atoms with Gasteiger partial charge in [0.15, 0.2) is 5.60 Å². The molecule has 1 fully saturated rings. The third-order valence-corrected chi connectivity index (χ3v) is 4.64. The van der Waals surface area contributed by atoms with Crippen molar-refractivity contribution in [1.29, 1.82) is 0 Å². The highest BCUT2D eigenvalue weighted by Gasteiger charge is 2.54. The molecule has 20 heavy (non-hydrogen) atoms. The number of aryl methyl sites for hydroxylation is 2. The molecule has 0 radical (unpaired) electrons. The second kappa shape index (κ2) is 5.04. The lowest BCUT2D eigenvalue weighted by Crippen LogP contribution is -2.54. The van der Waals surface area contributed by atoms with Crippen LogP contribution in [0.3, 0.4) is 0 Å². The van der Waals surface area contributed by atoms with Gasteiger partial charge in [-0.3, -0.25) is 4.79 Å². The van der Waals surface area contributed by atoms with Gasteiger partial charge in [-0.05, 0) is 19.9 Å². The van der Waals surface area contributed by atoms with Gasteiger partial charge in [-0.1, -0.05) is 0 Å². The number of hydrogen-bond acceptors (Lipinski definition) is 3. The van der Waals surface area contributed by atoms with Crippen molar-refractivity contribution in [3.05, 3.63) is 21.4 Å². The van der Waals surface area contributed by atoms with Crippen molar-refractivity contribution >= 4 is 17.2 Å². The first kappa shape index (κ1) is 15.3. The third-order valence-electron chi connectivity index (χ3n) is 3.68. The van der Waals surface area contributed by atoms with E-state index in [1.165, 1.54) is 16.2 Å². The fourth-order valence-corrected chi connectivity index (χ4v) is 3.29. The number of carbonyl (C=O) groups excluding carboxylic acids is 1. The van der Waals surface area contributed by atoms with Crippen molar-refractivity contribution in [2.24, 2.45) is 0 Å². The van der Waals surface area contributed by atoms with Gasteiger partial charge < -0.3 is 10.0 Å². The summed E-state index contributed by atoms with van der Waals surface area (Å²) in [6.45, 7) is 3.54. The lowest BCUT2D eigenvalue weighted by Gasteiger charge is -2.39. The Morgan fingerprint density at radius 3 is 2.30 bits per heavy atom. The van der Waals surface area contributed by atoms with Gasteiger partial charge in [-0.25, -0.2) is 0 Å². The number of aliphatic hydroxyl groups is 1. The zero-order valence-corrected chi connectivity index (χ0v) is 12.1. The Morgan fingerprint density at radius 1 is 1.35 bits per heavy atom. The molecule has 3 nitrogen and oxygen atoms in total. The van der Waals surface area contributed by atoms with Gasteiger partial charge in [0.05, 0.1) is 5.56 Å². The molecule has 2 heterocycles. The van der Waals surface area contributed by atoms with Gasteiger partial charge in [-0.15, -0.1) is 11.3 Å². The Morgan fingerprint density at radius 2 is 1.90 bits per heavy atom. The van der Waals surface area contributed by atoms with E-state index in [9.17, 15) is 23.1 Å². The fourth-order valence-electron chi connectivity index (χ4n) is 2.38. The molecule has 1 aliphatic heterocycles. The number of carbonyl (C=O) groups is 1. The molecular weight excluding hydrogens is 291 g/mol. The molecule has 2 rings (SSSR count). The average Bonchev–Trinajstić information content (AvgIpc) is 2.67. The Bertz CT molecular complexity index is 516. The summed E-state index contributed by atoms with van der Waals surface area (Å²) < 4.78 is 38.1. The number of alkyl halides is 3. The molecule has 1 saturated heterocycles. The molecule has 1 aliphatic rings. The van der Waals surface area contributed by atoms with Crippen LogP contribution in [0.2, 0.25) is 0 Å². The SMILES string of the molecule is Cc1cc(C(=O)N2CCC(O)(C(F)(F)F)CC2)c(C)s1. The maximum atomic E-state index is 12.7. The minimum Gasteiger partial charge on any atom is -0.380 e. The first-order valence-corrected chi connectivity index (χ1v) is 7.11. The minimum absolute atomic E-state index is 0.0802. The Kier molecular flexibility index (Phi) is 3.85. The lowest BCUT2D eigenvalue weighted by molar-refractivity contribution is -0.271. The summed E-state index contributed by atoms with van der Waals surface area (Å²) in [6.07, 6.45) is -5.58. The molecule has 0 aliphatic carbocycles. The summed E-state index contributed by atoms with van der Waals surface area (Å²) in [4.78, 5) is 15.5. The van der Waals surface area contributed by atoms with E-state index >= 15 is 0 Å². The molecule has 112 valence electrons. The van der Waals surface area contributed by atoms with Crippen molar-refractivity contribution in [2.45, 2.75) is 38.5 Å². The van der Waals surface area contributed by atoms with Gasteiger partial charge in [0.2, 0.25) is 0 Å². The van der Waals surface area contributed by atoms with Crippen molar-refractivity contribution in [1.82, 2.24) is 4.90 Å². The van der Waals surface area contributed by atoms with Crippen LogP contribution in [0.15, 0.2) is 6.07 Å². The van der Waals surface area contributed by atoms with Crippen LogP contribution in [0.25, 0.3) is 0 Å². The van der Waals surface area contributed by atoms with Gasteiger partial charge in [0, 0.05) is 35.7 Å². The summed E-state index contributed by atoms with van der Waals surface area (Å²) >= 11 is 1.49. The van der Waals surface area contributed by atoms with E-state index in [4.69, 9.17) is 0 Å². The van der Waals surface area contributed by atoms with E-state index in [1.807, 2.05) is 13.8 Å². The summed E-state index contributed by atoms with van der Waals surface area (Å²) in [6, 6.07) is 1.76. The molecule has 1 aromatic rings. The van der Waals surface area contributed by atoms with Crippen LogP contribution in [-0.2, 0) is 0 Å². The van der Waals surface area contributed by atoms with Gasteiger partial charge in [0.25, 0.3) is 5.91 Å². The van der Waals surface area contributed by atoms with Crippen LogP contribution in [0.5, 0.6) is 0 Å². The van der Waals surface area contributed by atoms with Gasteiger partial charge in [-0.2, -0.15) is 13.2 Å². The number of thiophene rings is 1. The maximum Gasteiger partial charge on any atom is 0.417 e.